The number of amides is 1. The zero-order chi connectivity index (χ0) is 16.0. The van der Waals surface area contributed by atoms with Crippen LogP contribution >= 0.6 is 0 Å². The number of ether oxygens (including phenoxy) is 1. The number of fused-ring (bicyclic) bond motifs is 2. The molecule has 1 aliphatic carbocycles. The maximum absolute atomic E-state index is 12.6. The predicted molar refractivity (Wildman–Crippen MR) is 88.1 cm³/mol. The van der Waals surface area contributed by atoms with Crippen LogP contribution in [-0.2, 0) is 10.2 Å². The van der Waals surface area contributed by atoms with E-state index in [0.29, 0.717) is 12.6 Å². The second-order valence-corrected chi connectivity index (χ2v) is 7.70. The first-order valence-electron chi connectivity index (χ1n) is 8.16. The number of hydrogen-bond donors (Lipinski definition) is 1. The van der Waals surface area contributed by atoms with Crippen molar-refractivity contribution in [3.05, 3.63) is 29.8 Å². The third-order valence-electron chi connectivity index (χ3n) is 4.83. The van der Waals surface area contributed by atoms with Crippen LogP contribution in [0.3, 0.4) is 0 Å². The van der Waals surface area contributed by atoms with Crippen molar-refractivity contribution in [1.82, 2.24) is 0 Å². The molecule has 1 heterocycles. The molecule has 0 aromatic heterocycles. The summed E-state index contributed by atoms with van der Waals surface area (Å²) in [6.45, 7) is 6.43. The molecule has 4 heteroatoms. The smallest absolute Gasteiger partial charge is 0.414 e. The number of nitrogens with zero attached hydrogens (tertiary/aromatic N) is 1. The molecule has 2 N–H and O–H groups in total. The van der Waals surface area contributed by atoms with E-state index in [1.807, 2.05) is 37.8 Å². The summed E-state index contributed by atoms with van der Waals surface area (Å²) >= 11 is 0. The van der Waals surface area contributed by atoms with Crippen LogP contribution in [0.1, 0.15) is 52.0 Å². The molecule has 4 nitrogen and oxygen atoms in total. The molecule has 1 aromatic rings. The molecule has 2 aliphatic rings. The lowest BCUT2D eigenvalue weighted by Gasteiger charge is -2.36. The second-order valence-electron chi connectivity index (χ2n) is 7.70. The molecular weight excluding hydrogens is 276 g/mol. The number of carbonyl (C=O) groups is 1. The van der Waals surface area contributed by atoms with Gasteiger partial charge in [-0.3, -0.25) is 4.90 Å². The first kappa shape index (κ1) is 15.3. The SMILES string of the molecule is CC(C)(C)OC(=O)N1CC2(CCC(N)CC2)c2ccccc21. The van der Waals surface area contributed by atoms with Crippen molar-refractivity contribution in [3.8, 4) is 0 Å². The van der Waals surface area contributed by atoms with Gasteiger partial charge in [0.1, 0.15) is 5.60 Å². The first-order chi connectivity index (χ1) is 10.3. The molecule has 1 fully saturated rings. The summed E-state index contributed by atoms with van der Waals surface area (Å²) in [6.07, 6.45) is 3.90. The van der Waals surface area contributed by atoms with Crippen LogP contribution in [0.4, 0.5) is 10.5 Å². The van der Waals surface area contributed by atoms with E-state index in [0.717, 1.165) is 31.4 Å². The number of benzene rings is 1. The van der Waals surface area contributed by atoms with E-state index in [1.165, 1.54) is 5.56 Å². The summed E-state index contributed by atoms with van der Waals surface area (Å²) in [7, 11) is 0. The van der Waals surface area contributed by atoms with Gasteiger partial charge in [-0.05, 0) is 58.1 Å². The van der Waals surface area contributed by atoms with Gasteiger partial charge in [-0.15, -0.1) is 0 Å². The monoisotopic (exact) mass is 302 g/mol. The molecule has 1 spiro atoms. The van der Waals surface area contributed by atoms with Gasteiger partial charge < -0.3 is 10.5 Å². The van der Waals surface area contributed by atoms with Crippen LogP contribution < -0.4 is 10.6 Å². The maximum atomic E-state index is 12.6. The third-order valence-corrected chi connectivity index (χ3v) is 4.83. The van der Waals surface area contributed by atoms with Crippen molar-refractivity contribution in [1.29, 1.82) is 0 Å². The quantitative estimate of drug-likeness (QED) is 0.797. The van der Waals surface area contributed by atoms with Gasteiger partial charge in [0.15, 0.2) is 0 Å². The minimum Gasteiger partial charge on any atom is -0.443 e. The van der Waals surface area contributed by atoms with Gasteiger partial charge in [0.25, 0.3) is 0 Å². The highest BCUT2D eigenvalue weighted by Gasteiger charge is 2.46. The topological polar surface area (TPSA) is 55.6 Å². The lowest BCUT2D eigenvalue weighted by Crippen LogP contribution is -2.43. The van der Waals surface area contributed by atoms with Crippen molar-refractivity contribution >= 4 is 11.8 Å². The largest absolute Gasteiger partial charge is 0.443 e. The summed E-state index contributed by atoms with van der Waals surface area (Å²) in [5.41, 5.74) is 7.95. The van der Waals surface area contributed by atoms with Crippen molar-refractivity contribution in [2.75, 3.05) is 11.4 Å². The van der Waals surface area contributed by atoms with Crippen LogP contribution in [0.2, 0.25) is 0 Å². The molecule has 1 aromatic carbocycles. The average Bonchev–Trinajstić information content (AvgIpc) is 2.76. The van der Waals surface area contributed by atoms with E-state index in [-0.39, 0.29) is 11.5 Å². The molecule has 22 heavy (non-hydrogen) atoms. The fourth-order valence-corrected chi connectivity index (χ4v) is 3.73. The fraction of sp³-hybridized carbons (Fsp3) is 0.611. The summed E-state index contributed by atoms with van der Waals surface area (Å²) in [4.78, 5) is 14.4. The van der Waals surface area contributed by atoms with Crippen LogP contribution in [0, 0.1) is 0 Å². The molecular formula is C18H26N2O2. The standard InChI is InChI=1S/C18H26N2O2/c1-17(2,3)22-16(21)20-12-18(10-8-13(19)9-11-18)14-6-4-5-7-15(14)20/h4-7,13H,8-12,19H2,1-3H3. The number of hydrogen-bond acceptors (Lipinski definition) is 3. The Labute approximate surface area is 132 Å². The minimum absolute atomic E-state index is 0.0589. The summed E-state index contributed by atoms with van der Waals surface area (Å²) in [5.74, 6) is 0. The van der Waals surface area contributed by atoms with Crippen molar-refractivity contribution in [2.45, 2.75) is 63.5 Å². The molecule has 1 saturated carbocycles. The average molecular weight is 302 g/mol. The van der Waals surface area contributed by atoms with Gasteiger partial charge in [0.2, 0.25) is 0 Å². The molecule has 0 saturated heterocycles. The zero-order valence-electron chi connectivity index (χ0n) is 13.8. The van der Waals surface area contributed by atoms with Gasteiger partial charge in [0.05, 0.1) is 5.69 Å². The summed E-state index contributed by atoms with van der Waals surface area (Å²) in [6, 6.07) is 8.55. The van der Waals surface area contributed by atoms with E-state index in [9.17, 15) is 4.79 Å². The number of anilines is 1. The van der Waals surface area contributed by atoms with Gasteiger partial charge in [-0.2, -0.15) is 0 Å². The molecule has 0 unspecified atom stereocenters. The van der Waals surface area contributed by atoms with E-state index in [1.54, 1.807) is 0 Å². The van der Waals surface area contributed by atoms with E-state index in [4.69, 9.17) is 10.5 Å². The Morgan fingerprint density at radius 1 is 1.27 bits per heavy atom. The van der Waals surface area contributed by atoms with E-state index in [2.05, 4.69) is 12.1 Å². The van der Waals surface area contributed by atoms with Gasteiger partial charge in [-0.25, -0.2) is 4.79 Å². The molecule has 1 amide bonds. The lowest BCUT2D eigenvalue weighted by atomic mass is 9.69. The van der Waals surface area contributed by atoms with Crippen molar-refractivity contribution in [2.24, 2.45) is 5.73 Å². The van der Waals surface area contributed by atoms with Crippen LogP contribution in [-0.4, -0.2) is 24.3 Å². The van der Waals surface area contributed by atoms with Crippen LogP contribution in [0.5, 0.6) is 0 Å². The normalized spacial score (nSPS) is 27.8. The number of nitrogens with two attached hydrogens (primary N) is 1. The van der Waals surface area contributed by atoms with Crippen molar-refractivity contribution in [3.63, 3.8) is 0 Å². The lowest BCUT2D eigenvalue weighted by molar-refractivity contribution is 0.0575. The molecule has 0 atom stereocenters. The Bertz CT molecular complexity index is 569. The Kier molecular flexibility index (Phi) is 3.68. The van der Waals surface area contributed by atoms with Crippen molar-refractivity contribution < 1.29 is 9.53 Å². The maximum Gasteiger partial charge on any atom is 0.414 e. The van der Waals surface area contributed by atoms with E-state index >= 15 is 0 Å². The predicted octanol–water partition coefficient (Wildman–Crippen LogP) is 3.58. The van der Waals surface area contributed by atoms with Crippen LogP contribution in [0.15, 0.2) is 24.3 Å². The van der Waals surface area contributed by atoms with Gasteiger partial charge >= 0.3 is 6.09 Å². The Hall–Kier alpha value is -1.55. The highest BCUT2D eigenvalue weighted by atomic mass is 16.6. The zero-order valence-corrected chi connectivity index (χ0v) is 13.8. The summed E-state index contributed by atoms with van der Waals surface area (Å²) < 4.78 is 5.60. The molecule has 0 bridgehead atoms. The molecule has 120 valence electrons. The number of rotatable bonds is 0. The fourth-order valence-electron chi connectivity index (χ4n) is 3.73. The Morgan fingerprint density at radius 3 is 2.55 bits per heavy atom. The van der Waals surface area contributed by atoms with Crippen LogP contribution in [0.25, 0.3) is 0 Å². The molecule has 3 rings (SSSR count). The number of para-hydroxylation sites is 1. The summed E-state index contributed by atoms with van der Waals surface area (Å²) in [5, 5.41) is 0. The molecule has 0 radical (unpaired) electrons. The minimum atomic E-state index is -0.475. The van der Waals surface area contributed by atoms with Gasteiger partial charge in [0, 0.05) is 18.0 Å². The number of carbonyl (C=O) groups excluding carboxylic acids is 1. The molecule has 1 aliphatic heterocycles. The Morgan fingerprint density at radius 2 is 1.91 bits per heavy atom. The van der Waals surface area contributed by atoms with Gasteiger partial charge in [-0.1, -0.05) is 18.2 Å². The highest BCUT2D eigenvalue weighted by molar-refractivity contribution is 5.91. The highest BCUT2D eigenvalue weighted by Crippen LogP contribution is 2.49. The third kappa shape index (κ3) is 2.72. The van der Waals surface area contributed by atoms with E-state index < -0.39 is 5.60 Å². The Balaban J connectivity index is 1.91. The first-order valence-corrected chi connectivity index (χ1v) is 8.16. The second kappa shape index (κ2) is 5.27.